The molecule has 82 valence electrons. The summed E-state index contributed by atoms with van der Waals surface area (Å²) in [7, 11) is 0. The van der Waals surface area contributed by atoms with Crippen molar-refractivity contribution in [3.8, 4) is 11.5 Å². The number of aromatic hydroxyl groups is 1. The van der Waals surface area contributed by atoms with Crippen molar-refractivity contribution >= 4 is 15.9 Å². The molecule has 2 aromatic rings. The Labute approximate surface area is 103 Å². The van der Waals surface area contributed by atoms with Crippen molar-refractivity contribution in [2.24, 2.45) is 0 Å². The molecule has 0 aliphatic rings. The molecule has 16 heavy (non-hydrogen) atoms. The molecule has 0 radical (unpaired) electrons. The summed E-state index contributed by atoms with van der Waals surface area (Å²) in [6, 6.07) is 15.1. The van der Waals surface area contributed by atoms with Gasteiger partial charge in [0.2, 0.25) is 0 Å². The highest BCUT2D eigenvalue weighted by Gasteiger charge is 2.05. The maximum absolute atomic E-state index is 9.47. The van der Waals surface area contributed by atoms with Crippen LogP contribution >= 0.6 is 15.9 Å². The van der Waals surface area contributed by atoms with Crippen LogP contribution in [0.25, 0.3) is 0 Å². The van der Waals surface area contributed by atoms with Crippen molar-refractivity contribution in [3.63, 3.8) is 0 Å². The fourth-order valence-corrected chi connectivity index (χ4v) is 1.72. The zero-order valence-corrected chi connectivity index (χ0v) is 10.1. The summed E-state index contributed by atoms with van der Waals surface area (Å²) in [5.74, 6) is 0.828. The van der Waals surface area contributed by atoms with Crippen molar-refractivity contribution < 1.29 is 9.84 Å². The number of ether oxygens (including phenoxy) is 1. The third kappa shape index (κ3) is 2.55. The summed E-state index contributed by atoms with van der Waals surface area (Å²) in [5, 5.41) is 9.47. The van der Waals surface area contributed by atoms with E-state index in [-0.39, 0.29) is 5.75 Å². The Morgan fingerprint density at radius 2 is 1.75 bits per heavy atom. The average Bonchev–Trinajstić information content (AvgIpc) is 2.32. The lowest BCUT2D eigenvalue weighted by Crippen LogP contribution is -1.95. The summed E-state index contributed by atoms with van der Waals surface area (Å²) in [5.41, 5.74) is 1.10. The van der Waals surface area contributed by atoms with Gasteiger partial charge in [-0.15, -0.1) is 0 Å². The molecule has 1 N–H and O–H groups in total. The summed E-state index contributed by atoms with van der Waals surface area (Å²) in [6.45, 7) is 0.489. The van der Waals surface area contributed by atoms with E-state index in [1.54, 1.807) is 12.1 Å². The van der Waals surface area contributed by atoms with Crippen LogP contribution in [-0.2, 0) is 6.61 Å². The number of benzene rings is 2. The lowest BCUT2D eigenvalue weighted by molar-refractivity contribution is 0.302. The monoisotopic (exact) mass is 278 g/mol. The van der Waals surface area contributed by atoms with Crippen molar-refractivity contribution in [2.45, 2.75) is 6.61 Å². The van der Waals surface area contributed by atoms with Gasteiger partial charge in [-0.3, -0.25) is 0 Å². The van der Waals surface area contributed by atoms with E-state index in [0.29, 0.717) is 16.8 Å². The minimum absolute atomic E-state index is 0.186. The number of hydrogen-bond acceptors (Lipinski definition) is 2. The Morgan fingerprint density at radius 3 is 2.50 bits per heavy atom. The SMILES string of the molecule is Oc1cccc(OCc2ccccc2)c1Br. The predicted molar refractivity (Wildman–Crippen MR) is 66.6 cm³/mol. The zero-order valence-electron chi connectivity index (χ0n) is 8.56. The Kier molecular flexibility index (Phi) is 3.47. The van der Waals surface area contributed by atoms with E-state index in [2.05, 4.69) is 15.9 Å². The van der Waals surface area contributed by atoms with Crippen LogP contribution in [0.5, 0.6) is 11.5 Å². The van der Waals surface area contributed by atoms with E-state index >= 15 is 0 Å². The molecule has 0 bridgehead atoms. The highest BCUT2D eigenvalue weighted by molar-refractivity contribution is 9.10. The molecule has 0 aromatic heterocycles. The Hall–Kier alpha value is -1.48. The molecule has 0 spiro atoms. The van der Waals surface area contributed by atoms with Gasteiger partial charge >= 0.3 is 0 Å². The molecule has 0 unspecified atom stereocenters. The quantitative estimate of drug-likeness (QED) is 0.927. The number of halogens is 1. The number of rotatable bonds is 3. The van der Waals surface area contributed by atoms with E-state index in [0.717, 1.165) is 5.56 Å². The molecule has 2 rings (SSSR count). The van der Waals surface area contributed by atoms with Gasteiger partial charge in [0.1, 0.15) is 22.6 Å². The highest BCUT2D eigenvalue weighted by Crippen LogP contribution is 2.33. The van der Waals surface area contributed by atoms with Gasteiger partial charge in [0.15, 0.2) is 0 Å². The molecular formula is C13H11BrO2. The Morgan fingerprint density at radius 1 is 1.00 bits per heavy atom. The van der Waals surface area contributed by atoms with Gasteiger partial charge in [0, 0.05) is 0 Å². The van der Waals surface area contributed by atoms with Crippen LogP contribution in [-0.4, -0.2) is 5.11 Å². The van der Waals surface area contributed by atoms with Gasteiger partial charge in [0.05, 0.1) is 0 Å². The molecule has 0 heterocycles. The first kappa shape index (κ1) is 11.0. The molecule has 0 aliphatic carbocycles. The molecule has 3 heteroatoms. The third-order valence-corrected chi connectivity index (χ3v) is 2.98. The molecule has 2 aromatic carbocycles. The minimum Gasteiger partial charge on any atom is -0.507 e. The molecule has 0 saturated carbocycles. The second kappa shape index (κ2) is 5.03. The maximum Gasteiger partial charge on any atom is 0.137 e. The largest absolute Gasteiger partial charge is 0.507 e. The van der Waals surface area contributed by atoms with Crippen LogP contribution in [0.15, 0.2) is 53.0 Å². The van der Waals surface area contributed by atoms with Gasteiger partial charge in [0.25, 0.3) is 0 Å². The topological polar surface area (TPSA) is 29.5 Å². The third-order valence-electron chi connectivity index (χ3n) is 2.18. The van der Waals surface area contributed by atoms with E-state index < -0.39 is 0 Å². The van der Waals surface area contributed by atoms with Crippen LogP contribution < -0.4 is 4.74 Å². The van der Waals surface area contributed by atoms with E-state index in [4.69, 9.17) is 4.74 Å². The van der Waals surface area contributed by atoms with Crippen LogP contribution in [0.3, 0.4) is 0 Å². The molecule has 0 saturated heterocycles. The van der Waals surface area contributed by atoms with Crippen LogP contribution in [0.4, 0.5) is 0 Å². The summed E-state index contributed by atoms with van der Waals surface area (Å²) in [6.07, 6.45) is 0. The molecule has 0 amide bonds. The number of phenols is 1. The summed E-state index contributed by atoms with van der Waals surface area (Å²) < 4.78 is 6.19. The number of hydrogen-bond donors (Lipinski definition) is 1. The molecule has 0 fully saturated rings. The fraction of sp³-hybridized carbons (Fsp3) is 0.0769. The van der Waals surface area contributed by atoms with Crippen LogP contribution in [0.2, 0.25) is 0 Å². The normalized spacial score (nSPS) is 10.1. The van der Waals surface area contributed by atoms with Crippen molar-refractivity contribution in [1.29, 1.82) is 0 Å². The van der Waals surface area contributed by atoms with Crippen LogP contribution in [0, 0.1) is 0 Å². The van der Waals surface area contributed by atoms with Gasteiger partial charge in [-0.1, -0.05) is 36.4 Å². The van der Waals surface area contributed by atoms with E-state index in [1.807, 2.05) is 36.4 Å². The Bertz CT molecular complexity index is 469. The first-order valence-electron chi connectivity index (χ1n) is 4.91. The van der Waals surface area contributed by atoms with Crippen molar-refractivity contribution in [3.05, 3.63) is 58.6 Å². The second-order valence-electron chi connectivity index (χ2n) is 3.36. The molecular weight excluding hydrogens is 268 g/mol. The fourth-order valence-electron chi connectivity index (χ4n) is 1.35. The number of phenolic OH excluding ortho intramolecular Hbond substituents is 1. The second-order valence-corrected chi connectivity index (χ2v) is 4.16. The smallest absolute Gasteiger partial charge is 0.137 e. The summed E-state index contributed by atoms with van der Waals surface area (Å²) >= 11 is 3.28. The van der Waals surface area contributed by atoms with E-state index in [1.165, 1.54) is 0 Å². The lowest BCUT2D eigenvalue weighted by Gasteiger charge is -2.08. The van der Waals surface area contributed by atoms with Crippen molar-refractivity contribution in [2.75, 3.05) is 0 Å². The van der Waals surface area contributed by atoms with Gasteiger partial charge < -0.3 is 9.84 Å². The Balaban J connectivity index is 2.08. The molecule has 2 nitrogen and oxygen atoms in total. The average molecular weight is 279 g/mol. The lowest BCUT2D eigenvalue weighted by atomic mass is 10.2. The van der Waals surface area contributed by atoms with Crippen molar-refractivity contribution in [1.82, 2.24) is 0 Å². The zero-order chi connectivity index (χ0) is 11.4. The predicted octanol–water partition coefficient (Wildman–Crippen LogP) is 3.73. The first-order chi connectivity index (χ1) is 7.77. The van der Waals surface area contributed by atoms with Gasteiger partial charge in [-0.2, -0.15) is 0 Å². The first-order valence-corrected chi connectivity index (χ1v) is 5.71. The van der Waals surface area contributed by atoms with E-state index in [9.17, 15) is 5.11 Å². The highest BCUT2D eigenvalue weighted by atomic mass is 79.9. The molecule has 0 atom stereocenters. The van der Waals surface area contributed by atoms with Gasteiger partial charge in [-0.25, -0.2) is 0 Å². The standard InChI is InChI=1S/C13H11BrO2/c14-13-11(15)7-4-8-12(13)16-9-10-5-2-1-3-6-10/h1-8,15H,9H2. The maximum atomic E-state index is 9.47. The molecule has 0 aliphatic heterocycles. The summed E-state index contributed by atoms with van der Waals surface area (Å²) in [4.78, 5) is 0. The van der Waals surface area contributed by atoms with Gasteiger partial charge in [-0.05, 0) is 33.6 Å². The van der Waals surface area contributed by atoms with Crippen LogP contribution in [0.1, 0.15) is 5.56 Å². The minimum atomic E-state index is 0.186.